The van der Waals surface area contributed by atoms with Crippen molar-refractivity contribution in [1.29, 1.82) is 0 Å². The van der Waals surface area contributed by atoms with Crippen LogP contribution in [0.4, 0.5) is 0 Å². The molecule has 0 aliphatic carbocycles. The first-order valence-corrected chi connectivity index (χ1v) is 16.8. The molecule has 6 aliphatic rings. The molecule has 0 unspecified atom stereocenters. The van der Waals surface area contributed by atoms with Crippen molar-refractivity contribution in [2.24, 2.45) is 0 Å². The van der Waals surface area contributed by atoms with Gasteiger partial charge in [-0.05, 0) is 58.7 Å². The maximum absolute atomic E-state index is 6.86. The van der Waals surface area contributed by atoms with Gasteiger partial charge in [0, 0.05) is 25.7 Å². The van der Waals surface area contributed by atoms with E-state index in [1.807, 2.05) is 0 Å². The summed E-state index contributed by atoms with van der Waals surface area (Å²) in [7, 11) is 16.0. The van der Waals surface area contributed by atoms with Gasteiger partial charge in [-0.3, -0.25) is 0 Å². The molecule has 10 heteroatoms. The van der Waals surface area contributed by atoms with Crippen LogP contribution >= 0.6 is 0 Å². The molecule has 0 N–H and O–H groups in total. The highest BCUT2D eigenvalue weighted by atomic mass is 79.9. The Hall–Kier alpha value is -3.44. The van der Waals surface area contributed by atoms with Gasteiger partial charge < -0.3 is 71.4 Å². The van der Waals surface area contributed by atoms with Crippen molar-refractivity contribution in [3.63, 3.8) is 0 Å². The van der Waals surface area contributed by atoms with E-state index in [1.165, 1.54) is 33.4 Å². The molecule has 8 nitrogen and oxygen atoms in total. The molecule has 0 aromatic heterocycles. The van der Waals surface area contributed by atoms with Gasteiger partial charge in [0.25, 0.3) is 0 Å². The van der Waals surface area contributed by atoms with Crippen LogP contribution in [-0.2, 0) is 25.7 Å². The Balaban J connectivity index is 0.00000243. The second-order valence-corrected chi connectivity index (χ2v) is 14.5. The first-order valence-electron chi connectivity index (χ1n) is 16.8. The van der Waals surface area contributed by atoms with Crippen LogP contribution in [0.15, 0.2) is 60.7 Å². The van der Waals surface area contributed by atoms with Crippen LogP contribution < -0.4 is 62.4 Å². The minimum Gasteiger partial charge on any atom is -1.00 e. The predicted octanol–water partition coefficient (Wildman–Crippen LogP) is 1.46. The van der Waals surface area contributed by atoms with Gasteiger partial charge in [-0.25, -0.2) is 0 Å². The minimum atomic E-state index is 0. The van der Waals surface area contributed by atoms with E-state index in [-0.39, 0.29) is 46.0 Å². The summed E-state index contributed by atoms with van der Waals surface area (Å²) in [5, 5.41) is 0. The average molecular weight is 813 g/mol. The molecule has 0 fully saturated rings. The van der Waals surface area contributed by atoms with Crippen LogP contribution in [0.1, 0.15) is 45.5 Å². The number of hydrogen-bond acceptors (Lipinski definition) is 6. The van der Waals surface area contributed by atoms with E-state index in [2.05, 4.69) is 88.9 Å². The molecule has 6 aliphatic heterocycles. The molecular formula is C40H48Br2N2O6. The molecule has 0 radical (unpaired) electrons. The lowest BCUT2D eigenvalue weighted by atomic mass is 9.85. The monoisotopic (exact) mass is 810 g/mol. The summed E-state index contributed by atoms with van der Waals surface area (Å²) in [6.45, 7) is 2.00. The molecule has 0 spiro atoms. The first-order chi connectivity index (χ1) is 23.1. The first kappa shape index (κ1) is 37.8. The van der Waals surface area contributed by atoms with Gasteiger partial charge in [0.05, 0.1) is 80.8 Å². The van der Waals surface area contributed by atoms with E-state index < -0.39 is 0 Å². The molecule has 10 rings (SSSR count). The third kappa shape index (κ3) is 6.67. The van der Waals surface area contributed by atoms with Gasteiger partial charge in [-0.2, -0.15) is 0 Å². The molecule has 0 saturated heterocycles. The van der Waals surface area contributed by atoms with Crippen molar-refractivity contribution in [3.05, 3.63) is 94.0 Å². The number of hydrogen-bond donors (Lipinski definition) is 0. The maximum Gasteiger partial charge on any atom is 0.204 e. The fourth-order valence-corrected chi connectivity index (χ4v) is 8.00. The van der Waals surface area contributed by atoms with Gasteiger partial charge in [0.15, 0.2) is 23.0 Å². The smallest absolute Gasteiger partial charge is 0.204 e. The molecule has 50 heavy (non-hydrogen) atoms. The SMILES string of the molecule is COc1cc2c3c(c1OC)Oc1ccc(cc1)C[C@@H]1c4c(cc(OC)c(OC)c4Oc4ccc(cc4)C[C@H]3[N+](C)(C)CC2)CC[N+]1(C)C.[Br-].[Br-]. The standard InChI is InChI=1S/C40H48N2O6.2BrH/c1-41(2)19-17-27-23-33(43-5)37(45-7)39-35(27)31(41)21-25-9-13-30(14-10-25)48-40-36-28(24-34(44-6)38(40)46-8)18-20-42(3,4)32(36)22-26-11-15-29(47-39)16-12-26;;/h9-16,23-24,31-32H,17-22H2,1-8H3;2*1H/q+2;;/p-2/t31-,32-;;/m1../s1. The molecule has 4 bridgehead atoms. The molecular weight excluding hydrogens is 764 g/mol. The van der Waals surface area contributed by atoms with E-state index in [4.69, 9.17) is 28.4 Å². The van der Waals surface area contributed by atoms with E-state index >= 15 is 0 Å². The topological polar surface area (TPSA) is 55.4 Å². The summed E-state index contributed by atoms with van der Waals surface area (Å²) >= 11 is 0. The third-order valence-electron chi connectivity index (χ3n) is 10.9. The number of rotatable bonds is 4. The normalized spacial score (nSPS) is 19.4. The van der Waals surface area contributed by atoms with Crippen molar-refractivity contribution in [3.8, 4) is 46.0 Å². The molecule has 4 aromatic carbocycles. The summed E-state index contributed by atoms with van der Waals surface area (Å²) in [5.41, 5.74) is 7.26. The number of benzene rings is 4. The Labute approximate surface area is 317 Å². The lowest BCUT2D eigenvalue weighted by Crippen LogP contribution is -3.00. The molecule has 0 amide bonds. The quantitative estimate of drug-likeness (QED) is 0.292. The molecule has 6 heterocycles. The van der Waals surface area contributed by atoms with Crippen molar-refractivity contribution in [2.75, 3.05) is 69.7 Å². The van der Waals surface area contributed by atoms with Gasteiger partial charge in [0.1, 0.15) is 23.6 Å². The Morgan fingerprint density at radius 2 is 0.900 bits per heavy atom. The highest BCUT2D eigenvalue weighted by molar-refractivity contribution is 5.63. The van der Waals surface area contributed by atoms with E-state index in [9.17, 15) is 0 Å². The maximum atomic E-state index is 6.86. The third-order valence-corrected chi connectivity index (χ3v) is 10.9. The number of quaternary nitrogens is 2. The van der Waals surface area contributed by atoms with E-state index in [0.717, 1.165) is 70.7 Å². The van der Waals surface area contributed by atoms with E-state index in [0.29, 0.717) is 23.0 Å². The van der Waals surface area contributed by atoms with Gasteiger partial charge in [-0.1, -0.05) is 24.3 Å². The zero-order valence-corrected chi connectivity index (χ0v) is 33.4. The van der Waals surface area contributed by atoms with Crippen LogP contribution in [0.2, 0.25) is 0 Å². The Morgan fingerprint density at radius 3 is 1.22 bits per heavy atom. The van der Waals surface area contributed by atoms with Gasteiger partial charge in [0.2, 0.25) is 11.5 Å². The predicted molar refractivity (Wildman–Crippen MR) is 186 cm³/mol. The van der Waals surface area contributed by atoms with Gasteiger partial charge >= 0.3 is 0 Å². The van der Waals surface area contributed by atoms with Crippen LogP contribution in [0, 0.1) is 0 Å². The van der Waals surface area contributed by atoms with Crippen LogP contribution in [0.5, 0.6) is 46.0 Å². The number of halogens is 2. The lowest BCUT2D eigenvalue weighted by molar-refractivity contribution is -0.923. The summed E-state index contributed by atoms with van der Waals surface area (Å²) in [4.78, 5) is 0. The average Bonchev–Trinajstić information content (AvgIpc) is 3.08. The number of nitrogens with zero attached hydrogens (tertiary/aromatic N) is 2. The van der Waals surface area contributed by atoms with Crippen molar-refractivity contribution >= 4 is 0 Å². The van der Waals surface area contributed by atoms with Crippen LogP contribution in [-0.4, -0.2) is 78.7 Å². The molecule has 0 saturated carbocycles. The summed E-state index contributed by atoms with van der Waals surface area (Å²) in [6, 6.07) is 21.6. The summed E-state index contributed by atoms with van der Waals surface area (Å²) in [6.07, 6.45) is 3.47. The lowest BCUT2D eigenvalue weighted by Gasteiger charge is -2.44. The Bertz CT molecular complexity index is 1710. The zero-order valence-electron chi connectivity index (χ0n) is 30.3. The number of ether oxygens (including phenoxy) is 6. The second kappa shape index (κ2) is 14.7. The van der Waals surface area contributed by atoms with Crippen molar-refractivity contribution in [2.45, 2.75) is 37.8 Å². The summed E-state index contributed by atoms with van der Waals surface area (Å²) < 4.78 is 39.1. The van der Waals surface area contributed by atoms with Crippen LogP contribution in [0.3, 0.4) is 0 Å². The fourth-order valence-electron chi connectivity index (χ4n) is 8.00. The minimum absolute atomic E-state index is 0. The highest BCUT2D eigenvalue weighted by Crippen LogP contribution is 2.53. The molecule has 4 aromatic rings. The Morgan fingerprint density at radius 1 is 0.540 bits per heavy atom. The van der Waals surface area contributed by atoms with Gasteiger partial charge in [-0.15, -0.1) is 0 Å². The van der Waals surface area contributed by atoms with Crippen LogP contribution in [0.25, 0.3) is 0 Å². The largest absolute Gasteiger partial charge is 1.00 e. The number of methoxy groups -OCH3 is 4. The van der Waals surface area contributed by atoms with Crippen molar-refractivity contribution in [1.82, 2.24) is 0 Å². The fraction of sp³-hybridized carbons (Fsp3) is 0.400. The number of likely N-dealkylation sites (N-methyl/N-ethyl adjacent to an activating group) is 2. The highest BCUT2D eigenvalue weighted by Gasteiger charge is 2.42. The molecule has 268 valence electrons. The molecule has 2 atom stereocenters. The second-order valence-electron chi connectivity index (χ2n) is 14.5. The zero-order chi connectivity index (χ0) is 33.8. The van der Waals surface area contributed by atoms with E-state index in [1.54, 1.807) is 28.4 Å². The van der Waals surface area contributed by atoms with Crippen molar-refractivity contribution < 1.29 is 71.4 Å². The summed E-state index contributed by atoms with van der Waals surface area (Å²) in [5.74, 6) is 5.64. The Kier molecular flexibility index (Phi) is 11.1.